The summed E-state index contributed by atoms with van der Waals surface area (Å²) >= 11 is 0. The van der Waals surface area contributed by atoms with Crippen molar-refractivity contribution in [3.63, 3.8) is 0 Å². The molecule has 3 aromatic carbocycles. The number of piperazine rings is 1. The van der Waals surface area contributed by atoms with Gasteiger partial charge in [-0.15, -0.1) is 0 Å². The van der Waals surface area contributed by atoms with Crippen LogP contribution in [0.25, 0.3) is 0 Å². The summed E-state index contributed by atoms with van der Waals surface area (Å²) < 4.78 is 86.8. The van der Waals surface area contributed by atoms with Crippen molar-refractivity contribution >= 4 is 27.3 Å². The van der Waals surface area contributed by atoms with Crippen molar-refractivity contribution in [3.8, 4) is 5.75 Å². The largest absolute Gasteiger partial charge is 0.495 e. The Kier molecular flexibility index (Phi) is 8.05. The Morgan fingerprint density at radius 2 is 1.64 bits per heavy atom. The van der Waals surface area contributed by atoms with E-state index in [9.17, 15) is 30.8 Å². The van der Waals surface area contributed by atoms with Gasteiger partial charge < -0.3 is 14.5 Å². The van der Waals surface area contributed by atoms with Gasteiger partial charge in [-0.2, -0.15) is 13.2 Å². The Morgan fingerprint density at radius 1 is 0.974 bits per heavy atom. The van der Waals surface area contributed by atoms with Crippen molar-refractivity contribution in [1.29, 1.82) is 0 Å². The number of sulfonamides is 1. The molecule has 0 saturated carbocycles. The first kappa shape index (κ1) is 28.2. The van der Waals surface area contributed by atoms with Gasteiger partial charge in [0.25, 0.3) is 10.0 Å². The average molecular weight is 566 g/mol. The number of methoxy groups -OCH3 is 1. The minimum Gasteiger partial charge on any atom is -0.495 e. The molecule has 4 rings (SSSR count). The van der Waals surface area contributed by atoms with E-state index in [0.29, 0.717) is 11.3 Å². The van der Waals surface area contributed by atoms with Crippen molar-refractivity contribution in [2.75, 3.05) is 49.0 Å². The van der Waals surface area contributed by atoms with Crippen molar-refractivity contribution in [2.45, 2.75) is 18.0 Å². The highest BCUT2D eigenvalue weighted by molar-refractivity contribution is 7.93. The maximum atomic E-state index is 13.8. The molecule has 1 saturated heterocycles. The molecule has 208 valence electrons. The fourth-order valence-electron chi connectivity index (χ4n) is 4.34. The highest BCUT2D eigenvalue weighted by Crippen LogP contribution is 2.33. The van der Waals surface area contributed by atoms with Crippen LogP contribution in [0.15, 0.2) is 71.6 Å². The van der Waals surface area contributed by atoms with E-state index in [2.05, 4.69) is 0 Å². The van der Waals surface area contributed by atoms with Gasteiger partial charge in [-0.3, -0.25) is 9.10 Å². The number of carbonyl (C=O) groups is 1. The monoisotopic (exact) mass is 565 g/mol. The maximum absolute atomic E-state index is 13.8. The normalized spacial score (nSPS) is 14.3. The Balaban J connectivity index is 1.56. The van der Waals surface area contributed by atoms with Crippen molar-refractivity contribution in [1.82, 2.24) is 4.90 Å². The van der Waals surface area contributed by atoms with Crippen LogP contribution in [0.4, 0.5) is 28.9 Å². The number of amides is 1. The van der Waals surface area contributed by atoms with Crippen LogP contribution >= 0.6 is 0 Å². The van der Waals surface area contributed by atoms with E-state index in [1.807, 2.05) is 0 Å². The van der Waals surface area contributed by atoms with Crippen LogP contribution < -0.4 is 13.9 Å². The number of anilines is 2. The third-order valence-corrected chi connectivity index (χ3v) is 8.25. The molecule has 0 unspecified atom stereocenters. The zero-order valence-electron chi connectivity index (χ0n) is 21.3. The average Bonchev–Trinajstić information content (AvgIpc) is 2.92. The Labute approximate surface area is 224 Å². The second kappa shape index (κ2) is 11.1. The molecular weight excluding hydrogens is 538 g/mol. The third-order valence-electron chi connectivity index (χ3n) is 6.45. The van der Waals surface area contributed by atoms with Crippen LogP contribution in [-0.2, 0) is 21.0 Å². The predicted molar refractivity (Wildman–Crippen MR) is 139 cm³/mol. The standard InChI is InChI=1S/C27H27F4N3O4S/c1-19-6-11-24(38-2)25(16-19)39(36,37)34(22-9-7-21(28)8-10-22)18-26(35)33-14-12-32(13-15-33)23-5-3-4-20(17-23)27(29,30)31/h3-11,16-17H,12-15,18H2,1-2H3. The summed E-state index contributed by atoms with van der Waals surface area (Å²) in [5.41, 5.74) is 0.380. The molecule has 0 N–H and O–H groups in total. The lowest BCUT2D eigenvalue weighted by atomic mass is 10.1. The molecule has 1 aliphatic rings. The Hall–Kier alpha value is -3.80. The first-order valence-corrected chi connectivity index (χ1v) is 13.5. The molecule has 0 aliphatic carbocycles. The number of aryl methyl sites for hydroxylation is 1. The minimum absolute atomic E-state index is 0.0925. The first-order chi connectivity index (χ1) is 18.4. The number of rotatable bonds is 7. The van der Waals surface area contributed by atoms with Crippen molar-refractivity contribution in [2.24, 2.45) is 0 Å². The quantitative estimate of drug-likeness (QED) is 0.389. The molecule has 0 atom stereocenters. The number of ether oxygens (including phenoxy) is 1. The first-order valence-electron chi connectivity index (χ1n) is 12.0. The lowest BCUT2D eigenvalue weighted by molar-refractivity contribution is -0.137. The number of alkyl halides is 3. The molecule has 0 spiro atoms. The Bertz CT molecular complexity index is 1440. The van der Waals surface area contributed by atoms with Crippen LogP contribution in [0.1, 0.15) is 11.1 Å². The van der Waals surface area contributed by atoms with Gasteiger partial charge in [0.1, 0.15) is 23.0 Å². The fourth-order valence-corrected chi connectivity index (χ4v) is 6.00. The molecule has 3 aromatic rings. The lowest BCUT2D eigenvalue weighted by Crippen LogP contribution is -2.52. The van der Waals surface area contributed by atoms with Crippen molar-refractivity contribution in [3.05, 3.63) is 83.7 Å². The summed E-state index contributed by atoms with van der Waals surface area (Å²) in [5.74, 6) is -0.977. The fraction of sp³-hybridized carbons (Fsp3) is 0.296. The summed E-state index contributed by atoms with van der Waals surface area (Å²) in [4.78, 5) is 16.4. The minimum atomic E-state index is -4.47. The number of carbonyl (C=O) groups excluding carboxylic acids is 1. The highest BCUT2D eigenvalue weighted by atomic mass is 32.2. The molecule has 1 amide bonds. The molecule has 1 fully saturated rings. The van der Waals surface area contributed by atoms with E-state index in [4.69, 9.17) is 4.74 Å². The molecule has 12 heteroatoms. The number of benzene rings is 3. The molecule has 0 bridgehead atoms. The molecule has 1 aliphatic heterocycles. The van der Waals surface area contributed by atoms with Crippen molar-refractivity contribution < 1.29 is 35.5 Å². The molecule has 0 aromatic heterocycles. The van der Waals surface area contributed by atoms with Crippen LogP contribution in [0, 0.1) is 12.7 Å². The van der Waals surface area contributed by atoms with Gasteiger partial charge in [-0.25, -0.2) is 12.8 Å². The summed E-state index contributed by atoms with van der Waals surface area (Å²) in [6.07, 6.45) is -4.47. The molecule has 7 nitrogen and oxygen atoms in total. The molecular formula is C27H27F4N3O4S. The van der Waals surface area contributed by atoms with Gasteiger partial charge in [0.05, 0.1) is 18.4 Å². The van der Waals surface area contributed by atoms with E-state index in [1.165, 1.54) is 42.3 Å². The van der Waals surface area contributed by atoms with Crippen LogP contribution in [0.5, 0.6) is 5.75 Å². The second-order valence-corrected chi connectivity index (χ2v) is 10.9. The van der Waals surface area contributed by atoms with Gasteiger partial charge in [-0.1, -0.05) is 12.1 Å². The van der Waals surface area contributed by atoms with Gasteiger partial charge in [0, 0.05) is 31.9 Å². The summed E-state index contributed by atoms with van der Waals surface area (Å²) in [7, 11) is -2.98. The number of hydrogen-bond donors (Lipinski definition) is 0. The molecule has 0 radical (unpaired) electrons. The predicted octanol–water partition coefficient (Wildman–Crippen LogP) is 4.71. The number of nitrogens with zero attached hydrogens (tertiary/aromatic N) is 3. The second-order valence-electron chi connectivity index (χ2n) is 9.06. The van der Waals surface area contributed by atoms with Crippen LogP contribution in [0.2, 0.25) is 0 Å². The lowest BCUT2D eigenvalue weighted by Gasteiger charge is -2.37. The summed E-state index contributed by atoms with van der Waals surface area (Å²) in [5, 5.41) is 0. The maximum Gasteiger partial charge on any atom is 0.416 e. The number of hydrogen-bond acceptors (Lipinski definition) is 5. The SMILES string of the molecule is COc1ccc(C)cc1S(=O)(=O)N(CC(=O)N1CCN(c2cccc(C(F)(F)F)c2)CC1)c1ccc(F)cc1. The molecule has 39 heavy (non-hydrogen) atoms. The summed E-state index contributed by atoms with van der Waals surface area (Å²) in [6, 6.07) is 14.4. The topological polar surface area (TPSA) is 70.2 Å². The zero-order valence-corrected chi connectivity index (χ0v) is 22.1. The Morgan fingerprint density at radius 3 is 2.26 bits per heavy atom. The van der Waals surface area contributed by atoms with E-state index >= 15 is 0 Å². The van der Waals surface area contributed by atoms with Crippen LogP contribution in [0.3, 0.4) is 0 Å². The smallest absolute Gasteiger partial charge is 0.416 e. The number of halogens is 4. The van der Waals surface area contributed by atoms with E-state index in [-0.39, 0.29) is 42.5 Å². The van der Waals surface area contributed by atoms with Gasteiger partial charge in [0.15, 0.2) is 0 Å². The summed E-state index contributed by atoms with van der Waals surface area (Å²) in [6.45, 7) is 2.05. The van der Waals surface area contributed by atoms with Gasteiger partial charge >= 0.3 is 6.18 Å². The van der Waals surface area contributed by atoms with E-state index in [1.54, 1.807) is 24.0 Å². The van der Waals surface area contributed by atoms with Gasteiger partial charge in [-0.05, 0) is 67.1 Å². The highest BCUT2D eigenvalue weighted by Gasteiger charge is 2.33. The zero-order chi connectivity index (χ0) is 28.4. The van der Waals surface area contributed by atoms with E-state index < -0.39 is 40.0 Å². The van der Waals surface area contributed by atoms with Gasteiger partial charge in [0.2, 0.25) is 5.91 Å². The van der Waals surface area contributed by atoms with E-state index in [0.717, 1.165) is 28.6 Å². The third kappa shape index (κ3) is 6.27. The molecule has 1 heterocycles. The van der Waals surface area contributed by atoms with Crippen LogP contribution in [-0.4, -0.2) is 59.1 Å².